The monoisotopic (exact) mass is 403 g/mol. The largest absolute Gasteiger partial charge is 0.353 e. The molecule has 4 atom stereocenters. The Morgan fingerprint density at radius 3 is 2.52 bits per heavy atom. The van der Waals surface area contributed by atoms with Crippen LogP contribution in [0.25, 0.3) is 0 Å². The minimum Gasteiger partial charge on any atom is -0.353 e. The molecule has 2 saturated carbocycles. The first kappa shape index (κ1) is 16.5. The molecule has 21 heavy (non-hydrogen) atoms. The van der Waals surface area contributed by atoms with Crippen molar-refractivity contribution >= 4 is 29.9 Å². The zero-order chi connectivity index (χ0) is 14.1. The van der Waals surface area contributed by atoms with Crippen molar-refractivity contribution in [3.05, 3.63) is 35.6 Å². The van der Waals surface area contributed by atoms with Crippen molar-refractivity contribution in [3.63, 3.8) is 0 Å². The summed E-state index contributed by atoms with van der Waals surface area (Å²) in [6, 6.07) is 7.92. The first-order valence-electron chi connectivity index (χ1n) is 7.51. The molecule has 0 aliphatic heterocycles. The van der Waals surface area contributed by atoms with Gasteiger partial charge in [0.2, 0.25) is 0 Å². The molecule has 0 spiro atoms. The van der Waals surface area contributed by atoms with Gasteiger partial charge in [0.1, 0.15) is 5.82 Å². The third-order valence-corrected chi connectivity index (χ3v) is 4.17. The van der Waals surface area contributed by atoms with Gasteiger partial charge in [0.25, 0.3) is 0 Å². The van der Waals surface area contributed by atoms with Crippen LogP contribution in [-0.2, 0) is 0 Å². The van der Waals surface area contributed by atoms with E-state index in [4.69, 9.17) is 0 Å². The van der Waals surface area contributed by atoms with Crippen LogP contribution in [0.15, 0.2) is 29.3 Å². The Bertz CT molecular complexity index is 520. The van der Waals surface area contributed by atoms with Gasteiger partial charge in [-0.05, 0) is 37.3 Å². The highest BCUT2D eigenvalue weighted by Gasteiger charge is 2.41. The molecule has 0 heterocycles. The zero-order valence-electron chi connectivity index (χ0n) is 12.5. The number of benzene rings is 1. The average molecular weight is 403 g/mol. The molecule has 5 heteroatoms. The summed E-state index contributed by atoms with van der Waals surface area (Å²) in [5, 5.41) is 6.88. The van der Waals surface area contributed by atoms with Gasteiger partial charge in [0.05, 0.1) is 0 Å². The van der Waals surface area contributed by atoms with Crippen LogP contribution in [0.5, 0.6) is 0 Å². The van der Waals surface area contributed by atoms with Crippen molar-refractivity contribution < 1.29 is 4.39 Å². The minimum absolute atomic E-state index is 0. The number of hydrogen-bond acceptors (Lipinski definition) is 1. The average Bonchev–Trinajstić information content (AvgIpc) is 3.31. The second kappa shape index (κ2) is 6.94. The zero-order valence-corrected chi connectivity index (χ0v) is 14.8. The molecule has 2 N–H and O–H groups in total. The van der Waals surface area contributed by atoms with Gasteiger partial charge in [0, 0.05) is 24.5 Å². The lowest BCUT2D eigenvalue weighted by atomic mass is 10.1. The molecule has 2 aliphatic carbocycles. The maximum absolute atomic E-state index is 13.7. The molecule has 0 amide bonds. The molecule has 2 aliphatic rings. The Labute approximate surface area is 142 Å². The smallest absolute Gasteiger partial charge is 0.191 e. The first-order chi connectivity index (χ1) is 9.69. The summed E-state index contributed by atoms with van der Waals surface area (Å²) >= 11 is 0. The molecule has 0 saturated heterocycles. The van der Waals surface area contributed by atoms with Crippen molar-refractivity contribution in [2.75, 3.05) is 6.54 Å². The lowest BCUT2D eigenvalue weighted by molar-refractivity contribution is 0.607. The maximum Gasteiger partial charge on any atom is 0.191 e. The number of rotatable bonds is 4. The van der Waals surface area contributed by atoms with E-state index in [0.29, 0.717) is 12.1 Å². The maximum atomic E-state index is 13.7. The molecule has 116 valence electrons. The summed E-state index contributed by atoms with van der Waals surface area (Å²) in [5.41, 5.74) is 0.820. The Kier molecular flexibility index (Phi) is 5.46. The molecular weight excluding hydrogens is 380 g/mol. The van der Waals surface area contributed by atoms with Crippen LogP contribution in [0.1, 0.15) is 38.2 Å². The third kappa shape index (κ3) is 4.08. The van der Waals surface area contributed by atoms with Gasteiger partial charge in [-0.3, -0.25) is 4.99 Å². The third-order valence-electron chi connectivity index (χ3n) is 4.17. The summed E-state index contributed by atoms with van der Waals surface area (Å²) in [6.07, 6.45) is 2.19. The van der Waals surface area contributed by atoms with E-state index in [0.717, 1.165) is 30.4 Å². The van der Waals surface area contributed by atoms with E-state index in [1.165, 1.54) is 12.5 Å². The van der Waals surface area contributed by atoms with Gasteiger partial charge in [-0.25, -0.2) is 4.39 Å². The van der Waals surface area contributed by atoms with Gasteiger partial charge in [-0.15, -0.1) is 24.0 Å². The highest BCUT2D eigenvalue weighted by Crippen LogP contribution is 2.41. The number of aliphatic imine (C=N–C) groups is 1. The van der Waals surface area contributed by atoms with E-state index in [-0.39, 0.29) is 35.7 Å². The fourth-order valence-corrected chi connectivity index (χ4v) is 2.64. The van der Waals surface area contributed by atoms with Crippen LogP contribution in [0, 0.1) is 11.7 Å². The fraction of sp³-hybridized carbons (Fsp3) is 0.562. The molecule has 3 nitrogen and oxygen atoms in total. The topological polar surface area (TPSA) is 36.4 Å². The number of guanidine groups is 1. The van der Waals surface area contributed by atoms with Crippen LogP contribution in [-0.4, -0.2) is 24.6 Å². The summed E-state index contributed by atoms with van der Waals surface area (Å²) in [6.45, 7) is 5.02. The van der Waals surface area contributed by atoms with Gasteiger partial charge < -0.3 is 10.6 Å². The van der Waals surface area contributed by atoms with Crippen molar-refractivity contribution in [1.82, 2.24) is 10.6 Å². The molecule has 0 aromatic heterocycles. The van der Waals surface area contributed by atoms with Crippen molar-refractivity contribution in [1.29, 1.82) is 0 Å². The Hall–Kier alpha value is -0.850. The van der Waals surface area contributed by atoms with E-state index in [1.54, 1.807) is 6.07 Å². The molecule has 3 rings (SSSR count). The number of nitrogens with one attached hydrogen (secondary N) is 2. The fourth-order valence-electron chi connectivity index (χ4n) is 2.64. The Balaban J connectivity index is 0.00000161. The predicted octanol–water partition coefficient (Wildman–Crippen LogP) is 3.26. The molecule has 0 radical (unpaired) electrons. The molecule has 1 aromatic rings. The van der Waals surface area contributed by atoms with Crippen LogP contribution in [0.3, 0.4) is 0 Å². The summed E-state index contributed by atoms with van der Waals surface area (Å²) in [5.74, 6) is 1.79. The lowest BCUT2D eigenvalue weighted by Crippen LogP contribution is -2.40. The van der Waals surface area contributed by atoms with Gasteiger partial charge in [0.15, 0.2) is 5.96 Å². The second-order valence-corrected chi connectivity index (χ2v) is 5.90. The number of hydrogen-bond donors (Lipinski definition) is 2. The molecular formula is C16H23FIN3. The van der Waals surface area contributed by atoms with Crippen LogP contribution < -0.4 is 10.6 Å². The number of halogens is 2. The molecule has 2 fully saturated rings. The first-order valence-corrected chi connectivity index (χ1v) is 7.51. The summed E-state index contributed by atoms with van der Waals surface area (Å²) in [7, 11) is 0. The molecule has 4 unspecified atom stereocenters. The van der Waals surface area contributed by atoms with Gasteiger partial charge in [-0.2, -0.15) is 0 Å². The highest BCUT2D eigenvalue weighted by molar-refractivity contribution is 14.0. The van der Waals surface area contributed by atoms with Gasteiger partial charge in [-0.1, -0.05) is 25.1 Å². The quantitative estimate of drug-likeness (QED) is 0.460. The summed E-state index contributed by atoms with van der Waals surface area (Å²) in [4.78, 5) is 4.47. The molecule has 0 bridgehead atoms. The Morgan fingerprint density at radius 1 is 1.24 bits per heavy atom. The van der Waals surface area contributed by atoms with Crippen LogP contribution in [0.4, 0.5) is 4.39 Å². The SMILES string of the molecule is CCN=C(NC1CC1C)NC1CC1c1ccccc1F.I. The number of nitrogens with zero attached hydrogens (tertiary/aromatic N) is 1. The second-order valence-electron chi connectivity index (χ2n) is 5.90. The van der Waals surface area contributed by atoms with Crippen molar-refractivity contribution in [2.45, 2.75) is 44.7 Å². The van der Waals surface area contributed by atoms with E-state index in [9.17, 15) is 4.39 Å². The van der Waals surface area contributed by atoms with E-state index < -0.39 is 0 Å². The summed E-state index contributed by atoms with van der Waals surface area (Å²) < 4.78 is 13.7. The van der Waals surface area contributed by atoms with Crippen molar-refractivity contribution in [2.24, 2.45) is 10.9 Å². The van der Waals surface area contributed by atoms with E-state index in [1.807, 2.05) is 19.1 Å². The Morgan fingerprint density at radius 2 is 1.90 bits per heavy atom. The van der Waals surface area contributed by atoms with Gasteiger partial charge >= 0.3 is 0 Å². The normalized spacial score (nSPS) is 30.3. The predicted molar refractivity (Wildman–Crippen MR) is 94.8 cm³/mol. The highest BCUT2D eigenvalue weighted by atomic mass is 127. The van der Waals surface area contributed by atoms with E-state index in [2.05, 4.69) is 22.5 Å². The van der Waals surface area contributed by atoms with Crippen LogP contribution in [0.2, 0.25) is 0 Å². The molecule has 1 aromatic carbocycles. The minimum atomic E-state index is -0.0976. The standard InChI is InChI=1S/C16H22FN3.HI/c1-3-18-16(19-14-8-10(14)2)20-15-9-12(15)11-6-4-5-7-13(11)17;/h4-7,10,12,14-15H,3,8-9H2,1-2H3,(H2,18,19,20);1H. The van der Waals surface area contributed by atoms with Crippen molar-refractivity contribution in [3.8, 4) is 0 Å². The van der Waals surface area contributed by atoms with Crippen LogP contribution >= 0.6 is 24.0 Å². The lowest BCUT2D eigenvalue weighted by Gasteiger charge is -2.12. The van der Waals surface area contributed by atoms with E-state index >= 15 is 0 Å².